The maximum Gasteiger partial charge on any atom is 0.235 e. The number of ketones is 1. The SMILES string of the molecule is C#[13C]C(=O)c1ccccc1. The molecule has 0 aliphatic rings. The highest BCUT2D eigenvalue weighted by Gasteiger charge is 1.96. The second kappa shape index (κ2) is 2.84. The Labute approximate surface area is 59.7 Å². The number of hydrogen-bond acceptors (Lipinski definition) is 1. The number of carbonyl (C=O) groups is 1. The summed E-state index contributed by atoms with van der Waals surface area (Å²) in [5, 5.41) is 0. The molecule has 0 spiro atoms. The minimum absolute atomic E-state index is 0.263. The van der Waals surface area contributed by atoms with Crippen LogP contribution in [0.5, 0.6) is 0 Å². The molecular weight excluding hydrogens is 125 g/mol. The van der Waals surface area contributed by atoms with E-state index in [1.165, 1.54) is 0 Å². The Morgan fingerprint density at radius 1 is 1.30 bits per heavy atom. The molecule has 0 unspecified atom stereocenters. The lowest BCUT2D eigenvalue weighted by atomic mass is 10.2. The normalized spacial score (nSPS) is 8.30. The van der Waals surface area contributed by atoms with E-state index in [0.29, 0.717) is 5.56 Å². The van der Waals surface area contributed by atoms with E-state index in [-0.39, 0.29) is 5.78 Å². The van der Waals surface area contributed by atoms with Crippen LogP contribution in [0.15, 0.2) is 30.3 Å². The fraction of sp³-hybridized carbons (Fsp3) is 0. The van der Waals surface area contributed by atoms with Gasteiger partial charge >= 0.3 is 0 Å². The Hall–Kier alpha value is -1.55. The summed E-state index contributed by atoms with van der Waals surface area (Å²) in [6, 6.07) is 8.80. The van der Waals surface area contributed by atoms with Gasteiger partial charge in [0, 0.05) is 5.56 Å². The lowest BCUT2D eigenvalue weighted by molar-refractivity contribution is 0.105. The van der Waals surface area contributed by atoms with E-state index < -0.39 is 0 Å². The average Bonchev–Trinajstić information content (AvgIpc) is 2.05. The van der Waals surface area contributed by atoms with Crippen molar-refractivity contribution in [1.82, 2.24) is 0 Å². The quantitative estimate of drug-likeness (QED) is 0.244. The van der Waals surface area contributed by atoms with E-state index in [1.54, 1.807) is 24.3 Å². The zero-order valence-electron chi connectivity index (χ0n) is 5.37. The zero-order chi connectivity index (χ0) is 7.40. The Kier molecular flexibility index (Phi) is 1.86. The summed E-state index contributed by atoms with van der Waals surface area (Å²) in [4.78, 5) is 10.8. The highest BCUT2D eigenvalue weighted by atomic mass is 16.1. The Bertz CT molecular complexity index is 267. The van der Waals surface area contributed by atoms with Gasteiger partial charge in [-0.2, -0.15) is 0 Å². The fourth-order valence-electron chi connectivity index (χ4n) is 0.673. The van der Waals surface area contributed by atoms with Crippen LogP contribution in [0.4, 0.5) is 0 Å². The van der Waals surface area contributed by atoms with E-state index in [2.05, 4.69) is 0 Å². The van der Waals surface area contributed by atoms with Gasteiger partial charge in [-0.05, 0) is 5.92 Å². The maximum absolute atomic E-state index is 10.8. The monoisotopic (exact) mass is 131 g/mol. The van der Waals surface area contributed by atoms with Crippen molar-refractivity contribution in [3.63, 3.8) is 0 Å². The van der Waals surface area contributed by atoms with Crippen molar-refractivity contribution in [2.45, 2.75) is 0 Å². The summed E-state index contributed by atoms with van der Waals surface area (Å²) in [7, 11) is 0. The fourth-order valence-corrected chi connectivity index (χ4v) is 0.673. The van der Waals surface area contributed by atoms with Gasteiger partial charge in [-0.25, -0.2) is 0 Å². The molecule has 1 aromatic rings. The molecule has 0 aliphatic carbocycles. The van der Waals surface area contributed by atoms with Crippen LogP contribution < -0.4 is 0 Å². The molecule has 0 aromatic heterocycles. The van der Waals surface area contributed by atoms with Gasteiger partial charge in [-0.3, -0.25) is 4.79 Å². The van der Waals surface area contributed by atoms with Gasteiger partial charge in [0.2, 0.25) is 5.78 Å². The second-order valence-corrected chi connectivity index (χ2v) is 1.84. The minimum atomic E-state index is -0.263. The van der Waals surface area contributed by atoms with Crippen LogP contribution in [-0.2, 0) is 0 Å². The molecule has 10 heavy (non-hydrogen) atoms. The molecule has 1 nitrogen and oxygen atoms in total. The Balaban J connectivity index is 2.99. The first-order valence-electron chi connectivity index (χ1n) is 2.90. The minimum Gasteiger partial charge on any atom is -0.279 e. The summed E-state index contributed by atoms with van der Waals surface area (Å²) < 4.78 is 0. The topological polar surface area (TPSA) is 17.1 Å². The van der Waals surface area contributed by atoms with Crippen LogP contribution in [0.2, 0.25) is 0 Å². The van der Waals surface area contributed by atoms with Crippen molar-refractivity contribution in [3.8, 4) is 12.3 Å². The molecule has 0 heterocycles. The number of carbonyl (C=O) groups excluding carboxylic acids is 1. The molecule has 0 N–H and O–H groups in total. The molecule has 0 aliphatic heterocycles. The molecule has 0 atom stereocenters. The van der Waals surface area contributed by atoms with Crippen molar-refractivity contribution in [1.29, 1.82) is 0 Å². The number of Topliss-reactive ketones (excluding diaryl/α,β-unsaturated/α-hetero) is 1. The van der Waals surface area contributed by atoms with Crippen molar-refractivity contribution in [2.75, 3.05) is 0 Å². The van der Waals surface area contributed by atoms with Crippen LogP contribution in [0, 0.1) is 12.3 Å². The molecule has 1 rings (SSSR count). The van der Waals surface area contributed by atoms with Gasteiger partial charge < -0.3 is 0 Å². The van der Waals surface area contributed by atoms with Gasteiger partial charge in [-0.15, -0.1) is 6.42 Å². The van der Waals surface area contributed by atoms with Gasteiger partial charge in [0.1, 0.15) is 0 Å². The van der Waals surface area contributed by atoms with Crippen molar-refractivity contribution in [3.05, 3.63) is 35.9 Å². The Morgan fingerprint density at radius 3 is 2.40 bits per heavy atom. The highest BCUT2D eigenvalue weighted by molar-refractivity contribution is 6.08. The van der Waals surface area contributed by atoms with Crippen molar-refractivity contribution >= 4 is 5.78 Å². The largest absolute Gasteiger partial charge is 0.279 e. The van der Waals surface area contributed by atoms with E-state index in [0.717, 1.165) is 0 Å². The molecule has 1 heteroatoms. The van der Waals surface area contributed by atoms with Crippen LogP contribution in [0.1, 0.15) is 10.4 Å². The molecule has 0 saturated carbocycles. The highest BCUT2D eigenvalue weighted by Crippen LogP contribution is 1.97. The molecule has 0 bridgehead atoms. The second-order valence-electron chi connectivity index (χ2n) is 1.84. The van der Waals surface area contributed by atoms with E-state index >= 15 is 0 Å². The smallest absolute Gasteiger partial charge is 0.235 e. The van der Waals surface area contributed by atoms with E-state index in [1.807, 2.05) is 12.0 Å². The lowest BCUT2D eigenvalue weighted by Crippen LogP contribution is -1.91. The predicted molar refractivity (Wildman–Crippen MR) is 39.6 cm³/mol. The van der Waals surface area contributed by atoms with Crippen LogP contribution in [0.3, 0.4) is 0 Å². The molecule has 0 amide bonds. The third-order valence-corrected chi connectivity index (χ3v) is 1.17. The first-order chi connectivity index (χ1) is 4.84. The van der Waals surface area contributed by atoms with Gasteiger partial charge in [-0.1, -0.05) is 30.3 Å². The molecule has 48 valence electrons. The van der Waals surface area contributed by atoms with Crippen LogP contribution in [-0.4, -0.2) is 5.78 Å². The van der Waals surface area contributed by atoms with Gasteiger partial charge in [0.05, 0.1) is 0 Å². The molecule has 1 aromatic carbocycles. The third kappa shape index (κ3) is 1.24. The average molecular weight is 131 g/mol. The maximum atomic E-state index is 10.8. The zero-order valence-corrected chi connectivity index (χ0v) is 5.37. The van der Waals surface area contributed by atoms with Gasteiger partial charge in [0.25, 0.3) is 0 Å². The van der Waals surface area contributed by atoms with Crippen LogP contribution in [0.25, 0.3) is 0 Å². The first kappa shape index (κ1) is 6.57. The van der Waals surface area contributed by atoms with Gasteiger partial charge in [0.15, 0.2) is 0 Å². The van der Waals surface area contributed by atoms with Crippen molar-refractivity contribution in [2.24, 2.45) is 0 Å². The van der Waals surface area contributed by atoms with E-state index in [4.69, 9.17) is 6.42 Å². The summed E-state index contributed by atoms with van der Waals surface area (Å²) >= 11 is 0. The number of hydrogen-bond donors (Lipinski definition) is 0. The molecular formula is C9H6O. The summed E-state index contributed by atoms with van der Waals surface area (Å²) in [6.45, 7) is 0. The standard InChI is InChI=1S/C9H6O/c1-2-9(10)8-6-4-3-5-7-8/h1,3-7H/i2+1. The third-order valence-electron chi connectivity index (χ3n) is 1.17. The summed E-state index contributed by atoms with van der Waals surface area (Å²) in [5.74, 6) is 1.78. The van der Waals surface area contributed by atoms with Crippen molar-refractivity contribution < 1.29 is 4.79 Å². The lowest BCUT2D eigenvalue weighted by Gasteiger charge is -1.88. The number of benzene rings is 1. The molecule has 0 saturated heterocycles. The molecule has 0 fully saturated rings. The number of rotatable bonds is 1. The summed E-state index contributed by atoms with van der Waals surface area (Å²) in [5.41, 5.74) is 0.574. The first-order valence-corrected chi connectivity index (χ1v) is 2.90. The van der Waals surface area contributed by atoms with Crippen LogP contribution >= 0.6 is 0 Å². The predicted octanol–water partition coefficient (Wildman–Crippen LogP) is 1.50. The Morgan fingerprint density at radius 2 is 1.90 bits per heavy atom. The summed E-state index contributed by atoms with van der Waals surface area (Å²) in [6.07, 6.45) is 4.90. The number of terminal acetylenes is 1. The van der Waals surface area contributed by atoms with E-state index in [9.17, 15) is 4.79 Å². The molecule has 0 radical (unpaired) electrons.